The predicted octanol–water partition coefficient (Wildman–Crippen LogP) is 0.764. The number of rotatable bonds is 6. The van der Waals surface area contributed by atoms with Crippen molar-refractivity contribution in [1.82, 2.24) is 5.32 Å². The average molecular weight is 360 g/mol. The molecule has 1 saturated heterocycles. The highest BCUT2D eigenvalue weighted by molar-refractivity contribution is 5.98. The summed E-state index contributed by atoms with van der Waals surface area (Å²) in [7, 11) is 0. The van der Waals surface area contributed by atoms with Gasteiger partial charge in [-0.3, -0.25) is 9.59 Å². The molecule has 2 aliphatic heterocycles. The van der Waals surface area contributed by atoms with Crippen molar-refractivity contribution in [3.63, 3.8) is 0 Å². The number of fused-ring (bicyclic) bond motifs is 1. The standard InChI is InChI=1S/C20H29N3O3/c1-15-6-5-7-16(2)22(15)13-11-21-19(24)10-12-23-17-8-3-4-9-18(17)26-14-20(23)25/h3-4,8-9,15-16H,5-7,10-14H2,1-2H3,(H,21,24)/p+1. The number of piperidine rings is 1. The van der Waals surface area contributed by atoms with E-state index >= 15 is 0 Å². The summed E-state index contributed by atoms with van der Waals surface area (Å²) in [6.45, 7) is 6.67. The van der Waals surface area contributed by atoms with Gasteiger partial charge in [0.2, 0.25) is 5.91 Å². The van der Waals surface area contributed by atoms with E-state index in [1.54, 1.807) is 9.80 Å². The van der Waals surface area contributed by atoms with Gasteiger partial charge in [0.05, 0.1) is 30.9 Å². The second-order valence-corrected chi connectivity index (χ2v) is 7.46. The third-order valence-corrected chi connectivity index (χ3v) is 5.65. The fourth-order valence-corrected chi connectivity index (χ4v) is 4.13. The Labute approximate surface area is 155 Å². The van der Waals surface area contributed by atoms with Crippen LogP contribution >= 0.6 is 0 Å². The van der Waals surface area contributed by atoms with Crippen LogP contribution in [-0.4, -0.2) is 50.1 Å². The second-order valence-electron chi connectivity index (χ2n) is 7.46. The van der Waals surface area contributed by atoms with Gasteiger partial charge in [-0.25, -0.2) is 0 Å². The molecule has 1 fully saturated rings. The summed E-state index contributed by atoms with van der Waals surface area (Å²) in [5.41, 5.74) is 0.747. The lowest BCUT2D eigenvalue weighted by molar-refractivity contribution is -0.950. The van der Waals surface area contributed by atoms with Crippen LogP contribution < -0.4 is 19.9 Å². The summed E-state index contributed by atoms with van der Waals surface area (Å²) in [5, 5.41) is 3.02. The number of amides is 2. The minimum atomic E-state index is -0.100. The zero-order chi connectivity index (χ0) is 18.5. The van der Waals surface area contributed by atoms with Crippen LogP contribution in [0.4, 0.5) is 5.69 Å². The van der Waals surface area contributed by atoms with Crippen molar-refractivity contribution >= 4 is 17.5 Å². The number of benzene rings is 1. The van der Waals surface area contributed by atoms with Gasteiger partial charge in [0.15, 0.2) is 6.61 Å². The van der Waals surface area contributed by atoms with Crippen molar-refractivity contribution in [2.24, 2.45) is 0 Å². The van der Waals surface area contributed by atoms with Crippen LogP contribution in [-0.2, 0) is 9.59 Å². The van der Waals surface area contributed by atoms with E-state index in [4.69, 9.17) is 4.74 Å². The van der Waals surface area contributed by atoms with Crippen molar-refractivity contribution in [2.45, 2.75) is 51.6 Å². The molecule has 26 heavy (non-hydrogen) atoms. The van der Waals surface area contributed by atoms with Gasteiger partial charge < -0.3 is 19.9 Å². The molecule has 0 aliphatic carbocycles. The first-order valence-electron chi connectivity index (χ1n) is 9.70. The van der Waals surface area contributed by atoms with Gasteiger partial charge in [-0.1, -0.05) is 12.1 Å². The molecule has 2 heterocycles. The monoisotopic (exact) mass is 360 g/mol. The quantitative estimate of drug-likeness (QED) is 0.788. The second kappa shape index (κ2) is 8.54. The largest absolute Gasteiger partial charge is 0.482 e. The minimum Gasteiger partial charge on any atom is -0.482 e. The van der Waals surface area contributed by atoms with Gasteiger partial charge in [-0.05, 0) is 45.2 Å². The third kappa shape index (κ3) is 4.36. The number of para-hydroxylation sites is 2. The molecule has 6 heteroatoms. The predicted molar refractivity (Wildman–Crippen MR) is 101 cm³/mol. The molecule has 2 unspecified atom stereocenters. The molecular formula is C20H30N3O3+. The molecule has 0 bridgehead atoms. The zero-order valence-electron chi connectivity index (χ0n) is 15.8. The minimum absolute atomic E-state index is 0.00140. The molecule has 1 aromatic carbocycles. The fraction of sp³-hybridized carbons (Fsp3) is 0.600. The van der Waals surface area contributed by atoms with E-state index in [1.807, 2.05) is 24.3 Å². The molecule has 3 rings (SSSR count). The molecule has 0 saturated carbocycles. The van der Waals surface area contributed by atoms with E-state index in [2.05, 4.69) is 19.2 Å². The Morgan fingerprint density at radius 2 is 2.00 bits per heavy atom. The summed E-state index contributed by atoms with van der Waals surface area (Å²) in [6, 6.07) is 8.78. The number of likely N-dealkylation sites (tertiary alicyclic amines) is 1. The first-order chi connectivity index (χ1) is 12.6. The van der Waals surface area contributed by atoms with E-state index in [1.165, 1.54) is 19.3 Å². The van der Waals surface area contributed by atoms with Gasteiger partial charge in [-0.2, -0.15) is 0 Å². The smallest absolute Gasteiger partial charge is 0.265 e. The number of anilines is 1. The molecular weight excluding hydrogens is 330 g/mol. The first-order valence-corrected chi connectivity index (χ1v) is 9.70. The van der Waals surface area contributed by atoms with Crippen molar-refractivity contribution in [3.05, 3.63) is 24.3 Å². The molecule has 142 valence electrons. The molecule has 2 atom stereocenters. The van der Waals surface area contributed by atoms with E-state index in [0.29, 0.717) is 37.3 Å². The number of carbonyl (C=O) groups excluding carboxylic acids is 2. The topological polar surface area (TPSA) is 63.1 Å². The summed E-state index contributed by atoms with van der Waals surface area (Å²) in [6.07, 6.45) is 4.16. The van der Waals surface area contributed by atoms with Crippen LogP contribution in [0.1, 0.15) is 39.5 Å². The summed E-state index contributed by atoms with van der Waals surface area (Å²) >= 11 is 0. The maximum absolute atomic E-state index is 12.2. The van der Waals surface area contributed by atoms with Gasteiger partial charge in [0.25, 0.3) is 5.91 Å². The maximum atomic E-state index is 12.2. The number of ether oxygens (including phenoxy) is 1. The lowest BCUT2D eigenvalue weighted by atomic mass is 9.98. The number of quaternary nitrogens is 1. The van der Waals surface area contributed by atoms with Gasteiger partial charge >= 0.3 is 0 Å². The van der Waals surface area contributed by atoms with E-state index in [9.17, 15) is 9.59 Å². The highest BCUT2D eigenvalue weighted by atomic mass is 16.5. The number of nitrogens with zero attached hydrogens (tertiary/aromatic N) is 1. The summed E-state index contributed by atoms with van der Waals surface area (Å²) in [4.78, 5) is 27.6. The van der Waals surface area contributed by atoms with Gasteiger partial charge in [-0.15, -0.1) is 0 Å². The van der Waals surface area contributed by atoms with Crippen LogP contribution in [0.25, 0.3) is 0 Å². The van der Waals surface area contributed by atoms with Crippen LogP contribution in [0.5, 0.6) is 5.75 Å². The van der Waals surface area contributed by atoms with Crippen LogP contribution in [0.2, 0.25) is 0 Å². The summed E-state index contributed by atoms with van der Waals surface area (Å²) < 4.78 is 5.43. The van der Waals surface area contributed by atoms with Crippen LogP contribution in [0.15, 0.2) is 24.3 Å². The fourth-order valence-electron chi connectivity index (χ4n) is 4.13. The Bertz CT molecular complexity index is 639. The molecule has 0 spiro atoms. The van der Waals surface area contributed by atoms with Crippen molar-refractivity contribution in [1.29, 1.82) is 0 Å². The zero-order valence-corrected chi connectivity index (χ0v) is 15.8. The number of hydrogen-bond acceptors (Lipinski definition) is 3. The number of carbonyl (C=O) groups is 2. The lowest BCUT2D eigenvalue weighted by Gasteiger charge is -2.35. The van der Waals surface area contributed by atoms with E-state index in [-0.39, 0.29) is 18.4 Å². The Morgan fingerprint density at radius 1 is 1.27 bits per heavy atom. The molecule has 2 amide bonds. The van der Waals surface area contributed by atoms with Gasteiger partial charge in [0, 0.05) is 13.0 Å². The molecule has 1 aromatic rings. The number of nitrogens with one attached hydrogen (secondary N) is 2. The average Bonchev–Trinajstić information content (AvgIpc) is 2.63. The SMILES string of the molecule is CC1CCCC(C)[NH+]1CCNC(=O)CCN1C(=O)COc2ccccc21. The molecule has 6 nitrogen and oxygen atoms in total. The number of hydrogen-bond donors (Lipinski definition) is 2. The summed E-state index contributed by atoms with van der Waals surface area (Å²) in [5.74, 6) is 0.597. The normalized spacial score (nSPS) is 25.4. The third-order valence-electron chi connectivity index (χ3n) is 5.65. The Hall–Kier alpha value is -2.08. The first kappa shape index (κ1) is 18.7. The van der Waals surface area contributed by atoms with Crippen molar-refractivity contribution in [3.8, 4) is 5.75 Å². The Morgan fingerprint density at radius 3 is 2.77 bits per heavy atom. The van der Waals surface area contributed by atoms with Crippen LogP contribution in [0.3, 0.4) is 0 Å². The highest BCUT2D eigenvalue weighted by Crippen LogP contribution is 2.31. The lowest BCUT2D eigenvalue weighted by Crippen LogP contribution is -3.19. The highest BCUT2D eigenvalue weighted by Gasteiger charge is 2.28. The van der Waals surface area contributed by atoms with E-state index in [0.717, 1.165) is 12.2 Å². The maximum Gasteiger partial charge on any atom is 0.265 e. The van der Waals surface area contributed by atoms with Crippen molar-refractivity contribution < 1.29 is 19.2 Å². The van der Waals surface area contributed by atoms with Gasteiger partial charge in [0.1, 0.15) is 5.75 Å². The molecule has 0 aromatic heterocycles. The van der Waals surface area contributed by atoms with E-state index < -0.39 is 0 Å². The Balaban J connectivity index is 1.45. The molecule has 0 radical (unpaired) electrons. The molecule has 2 aliphatic rings. The van der Waals surface area contributed by atoms with Crippen LogP contribution in [0, 0.1) is 0 Å². The Kier molecular flexibility index (Phi) is 6.14. The van der Waals surface area contributed by atoms with Crippen molar-refractivity contribution in [2.75, 3.05) is 31.1 Å². The molecule has 2 N–H and O–H groups in total.